The molecule has 4 rings (SSSR count). The maximum Gasteiger partial charge on any atom is 0.164 e. The molecule has 0 spiro atoms. The molecule has 4 atom stereocenters. The Morgan fingerprint density at radius 3 is 2.65 bits per heavy atom. The highest BCUT2D eigenvalue weighted by molar-refractivity contribution is 5.78. The van der Waals surface area contributed by atoms with Crippen LogP contribution in [-0.2, 0) is 11.2 Å². The quantitative estimate of drug-likeness (QED) is 0.748. The smallest absolute Gasteiger partial charge is 0.164 e. The third-order valence-corrected chi connectivity index (χ3v) is 4.95. The van der Waals surface area contributed by atoms with Crippen LogP contribution < -0.4 is 0 Å². The Morgan fingerprint density at radius 1 is 1.12 bits per heavy atom. The molecule has 6 nitrogen and oxygen atoms in total. The molecule has 1 fully saturated rings. The van der Waals surface area contributed by atoms with Crippen molar-refractivity contribution in [1.82, 2.24) is 14.5 Å². The number of aryl methyl sites for hydroxylation is 2. The van der Waals surface area contributed by atoms with E-state index in [1.54, 1.807) is 22.9 Å². The zero-order valence-corrected chi connectivity index (χ0v) is 14.3. The minimum Gasteiger partial charge on any atom is -0.388 e. The number of aliphatic hydroxyl groups excluding tert-OH is 2. The molecule has 3 heterocycles. The van der Waals surface area contributed by atoms with E-state index in [-0.39, 0.29) is 5.82 Å². The molecule has 3 aromatic rings. The fourth-order valence-corrected chi connectivity index (χ4v) is 3.46. The van der Waals surface area contributed by atoms with Crippen molar-refractivity contribution in [3.05, 3.63) is 59.9 Å². The summed E-state index contributed by atoms with van der Waals surface area (Å²) in [4.78, 5) is 8.44. The Hall–Kier alpha value is -2.35. The van der Waals surface area contributed by atoms with Gasteiger partial charge in [0.1, 0.15) is 30.0 Å². The molecule has 0 radical (unpaired) electrons. The monoisotopic (exact) mass is 357 g/mol. The number of benzene rings is 1. The first-order chi connectivity index (χ1) is 12.5. The molecule has 1 aliphatic heterocycles. The fraction of sp³-hybridized carbons (Fsp3) is 0.368. The molecule has 2 aromatic heterocycles. The van der Waals surface area contributed by atoms with Gasteiger partial charge in [0.2, 0.25) is 0 Å². The Kier molecular flexibility index (Phi) is 4.44. The maximum atomic E-state index is 13.0. The molecule has 1 aliphatic rings. The molecule has 0 aliphatic carbocycles. The van der Waals surface area contributed by atoms with Crippen LogP contribution in [0.3, 0.4) is 0 Å². The van der Waals surface area contributed by atoms with Gasteiger partial charge in [-0.05, 0) is 43.5 Å². The van der Waals surface area contributed by atoms with Crippen molar-refractivity contribution in [2.45, 2.75) is 44.3 Å². The Bertz CT molecular complexity index is 912. The number of halogens is 1. The first kappa shape index (κ1) is 17.1. The zero-order chi connectivity index (χ0) is 18.3. The van der Waals surface area contributed by atoms with E-state index in [1.807, 2.05) is 13.0 Å². The Morgan fingerprint density at radius 2 is 1.88 bits per heavy atom. The van der Waals surface area contributed by atoms with E-state index < -0.39 is 24.5 Å². The molecule has 0 amide bonds. The summed E-state index contributed by atoms with van der Waals surface area (Å²) in [6, 6.07) is 8.12. The van der Waals surface area contributed by atoms with Crippen molar-refractivity contribution in [3.63, 3.8) is 0 Å². The van der Waals surface area contributed by atoms with Gasteiger partial charge in [-0.25, -0.2) is 14.4 Å². The van der Waals surface area contributed by atoms with Crippen LogP contribution in [0.5, 0.6) is 0 Å². The van der Waals surface area contributed by atoms with E-state index in [4.69, 9.17) is 4.74 Å². The van der Waals surface area contributed by atoms with Gasteiger partial charge in [-0.2, -0.15) is 0 Å². The van der Waals surface area contributed by atoms with E-state index in [0.29, 0.717) is 18.5 Å². The average Bonchev–Trinajstić information content (AvgIpc) is 3.18. The van der Waals surface area contributed by atoms with Gasteiger partial charge < -0.3 is 19.5 Å². The van der Waals surface area contributed by atoms with E-state index in [2.05, 4.69) is 9.97 Å². The van der Waals surface area contributed by atoms with E-state index >= 15 is 0 Å². The van der Waals surface area contributed by atoms with Crippen LogP contribution in [0.25, 0.3) is 11.0 Å². The van der Waals surface area contributed by atoms with Crippen LogP contribution in [0.15, 0.2) is 42.9 Å². The Labute approximate surface area is 149 Å². The van der Waals surface area contributed by atoms with Crippen LogP contribution in [0.1, 0.15) is 23.9 Å². The standard InChI is InChI=1S/C19H20FN3O3/c1-11-14-8-9-23(18(14)22-10-21-11)19-17(25)16(24)15(26-19)7-4-12-2-5-13(20)6-3-12/h2-3,5-6,8-10,15-17,19,24-25H,4,7H2,1H3/t15-,16-,17-,19-/m1/s1. The second-order valence-electron chi connectivity index (χ2n) is 6.63. The molecule has 1 aromatic carbocycles. The topological polar surface area (TPSA) is 80.4 Å². The van der Waals surface area contributed by atoms with Crippen molar-refractivity contribution in [2.75, 3.05) is 0 Å². The van der Waals surface area contributed by atoms with Crippen molar-refractivity contribution < 1.29 is 19.3 Å². The molecule has 136 valence electrons. The van der Waals surface area contributed by atoms with Crippen LogP contribution in [0, 0.1) is 12.7 Å². The minimum atomic E-state index is -1.06. The SMILES string of the molecule is Cc1ncnc2c1ccn2[C@@H]1O[C@H](CCc2ccc(F)cc2)[C@@H](O)[C@H]1O. The molecule has 7 heteroatoms. The number of aliphatic hydroxyl groups is 2. The second kappa shape index (κ2) is 6.75. The Balaban J connectivity index is 1.52. The van der Waals surface area contributed by atoms with Crippen molar-refractivity contribution in [3.8, 4) is 0 Å². The summed E-state index contributed by atoms with van der Waals surface area (Å²) in [5.41, 5.74) is 2.46. The normalized spacial score (nSPS) is 25.8. The van der Waals surface area contributed by atoms with Crippen molar-refractivity contribution >= 4 is 11.0 Å². The van der Waals surface area contributed by atoms with E-state index in [0.717, 1.165) is 16.6 Å². The highest BCUT2D eigenvalue weighted by Gasteiger charge is 2.43. The highest BCUT2D eigenvalue weighted by atomic mass is 19.1. The lowest BCUT2D eigenvalue weighted by molar-refractivity contribution is -0.0364. The van der Waals surface area contributed by atoms with E-state index in [1.165, 1.54) is 18.5 Å². The molecule has 26 heavy (non-hydrogen) atoms. The number of nitrogens with zero attached hydrogens (tertiary/aromatic N) is 3. The van der Waals surface area contributed by atoms with Crippen LogP contribution in [0.4, 0.5) is 4.39 Å². The van der Waals surface area contributed by atoms with Crippen molar-refractivity contribution in [2.24, 2.45) is 0 Å². The zero-order valence-electron chi connectivity index (χ0n) is 14.3. The summed E-state index contributed by atoms with van der Waals surface area (Å²) in [5, 5.41) is 21.7. The predicted molar refractivity (Wildman–Crippen MR) is 92.9 cm³/mol. The summed E-state index contributed by atoms with van der Waals surface area (Å²) in [6.45, 7) is 1.89. The first-order valence-electron chi connectivity index (χ1n) is 8.59. The third-order valence-electron chi connectivity index (χ3n) is 4.95. The summed E-state index contributed by atoms with van der Waals surface area (Å²) in [7, 11) is 0. The number of fused-ring (bicyclic) bond motifs is 1. The number of aromatic nitrogens is 3. The number of hydrogen-bond acceptors (Lipinski definition) is 5. The summed E-state index contributed by atoms with van der Waals surface area (Å²) < 4.78 is 20.7. The van der Waals surface area contributed by atoms with Crippen LogP contribution in [0.2, 0.25) is 0 Å². The predicted octanol–water partition coefficient (Wildman–Crippen LogP) is 2.13. The molecule has 0 unspecified atom stereocenters. The number of ether oxygens (including phenoxy) is 1. The van der Waals surface area contributed by atoms with Gasteiger partial charge in [-0.3, -0.25) is 0 Å². The largest absolute Gasteiger partial charge is 0.388 e. The molecule has 1 saturated heterocycles. The van der Waals surface area contributed by atoms with Gasteiger partial charge in [-0.15, -0.1) is 0 Å². The average molecular weight is 357 g/mol. The van der Waals surface area contributed by atoms with Crippen LogP contribution in [-0.4, -0.2) is 43.1 Å². The lowest BCUT2D eigenvalue weighted by atomic mass is 10.0. The summed E-state index contributed by atoms with van der Waals surface area (Å²) >= 11 is 0. The molecule has 0 bridgehead atoms. The first-order valence-corrected chi connectivity index (χ1v) is 8.59. The second-order valence-corrected chi connectivity index (χ2v) is 6.63. The molecular formula is C19H20FN3O3. The fourth-order valence-electron chi connectivity index (χ4n) is 3.46. The highest BCUT2D eigenvalue weighted by Crippen LogP contribution is 2.34. The third kappa shape index (κ3) is 2.98. The van der Waals surface area contributed by atoms with Gasteiger partial charge in [0, 0.05) is 11.6 Å². The molecular weight excluding hydrogens is 337 g/mol. The van der Waals surface area contributed by atoms with Gasteiger partial charge >= 0.3 is 0 Å². The van der Waals surface area contributed by atoms with Gasteiger partial charge in [0.15, 0.2) is 6.23 Å². The summed E-state index contributed by atoms with van der Waals surface area (Å²) in [5.74, 6) is -0.279. The van der Waals surface area contributed by atoms with Gasteiger partial charge in [0.05, 0.1) is 11.8 Å². The minimum absolute atomic E-state index is 0.279. The molecule has 2 N–H and O–H groups in total. The maximum absolute atomic E-state index is 13.0. The lowest BCUT2D eigenvalue weighted by Crippen LogP contribution is -2.31. The molecule has 0 saturated carbocycles. The van der Waals surface area contributed by atoms with Crippen LogP contribution >= 0.6 is 0 Å². The lowest BCUT2D eigenvalue weighted by Gasteiger charge is -2.17. The van der Waals surface area contributed by atoms with Gasteiger partial charge in [0.25, 0.3) is 0 Å². The summed E-state index contributed by atoms with van der Waals surface area (Å²) in [6.07, 6.45) is 1.12. The van der Waals surface area contributed by atoms with Crippen molar-refractivity contribution in [1.29, 1.82) is 0 Å². The number of rotatable bonds is 4. The van der Waals surface area contributed by atoms with E-state index in [9.17, 15) is 14.6 Å². The van der Waals surface area contributed by atoms with Gasteiger partial charge in [-0.1, -0.05) is 12.1 Å². The number of hydrogen-bond donors (Lipinski definition) is 2.